The largest absolute Gasteiger partial charge is 0.493 e. The number of ether oxygens (including phenoxy) is 1. The van der Waals surface area contributed by atoms with Crippen LogP contribution in [0.15, 0.2) is 36.4 Å². The zero-order chi connectivity index (χ0) is 14.6. The van der Waals surface area contributed by atoms with Crippen LogP contribution in [-0.4, -0.2) is 12.5 Å². The molecule has 20 heavy (non-hydrogen) atoms. The molecule has 0 atom stereocenters. The number of unbranched alkanes of at least 4 members (excludes halogenated alkanes) is 4. The maximum atomic E-state index is 11.2. The average molecular weight is 275 g/mol. The van der Waals surface area contributed by atoms with Crippen LogP contribution in [0.4, 0.5) is 0 Å². The molecule has 3 nitrogen and oxygen atoms in total. The van der Waals surface area contributed by atoms with Gasteiger partial charge in [-0.05, 0) is 37.8 Å². The highest BCUT2D eigenvalue weighted by Crippen LogP contribution is 2.17. The summed E-state index contributed by atoms with van der Waals surface area (Å²) in [6.45, 7) is 2.82. The molecule has 0 saturated heterocycles. The Morgan fingerprint density at radius 1 is 1.15 bits per heavy atom. The standard InChI is InChI=1S/C17H25NO2/c1-2-3-4-5-6-7-8-11-14-20-16-13-10-9-12-15(16)17(18)19/h5-6,9-10,12-13H,2-4,7-8,11,14H2,1H3,(H2,18,19)/b6-5-. The summed E-state index contributed by atoms with van der Waals surface area (Å²) in [6, 6.07) is 7.10. The van der Waals surface area contributed by atoms with Crippen molar-refractivity contribution >= 4 is 5.91 Å². The topological polar surface area (TPSA) is 52.3 Å². The van der Waals surface area contributed by atoms with Crippen LogP contribution in [0.5, 0.6) is 5.75 Å². The van der Waals surface area contributed by atoms with Crippen LogP contribution < -0.4 is 10.5 Å². The molecule has 0 aliphatic carbocycles. The number of benzene rings is 1. The third kappa shape index (κ3) is 6.41. The lowest BCUT2D eigenvalue weighted by Crippen LogP contribution is -2.13. The van der Waals surface area contributed by atoms with Gasteiger partial charge in [-0.15, -0.1) is 0 Å². The van der Waals surface area contributed by atoms with Crippen LogP contribution in [0.3, 0.4) is 0 Å². The number of carbonyl (C=O) groups is 1. The molecule has 0 unspecified atom stereocenters. The van der Waals surface area contributed by atoms with Crippen molar-refractivity contribution in [3.05, 3.63) is 42.0 Å². The summed E-state index contributed by atoms with van der Waals surface area (Å²) in [5, 5.41) is 0. The van der Waals surface area contributed by atoms with Gasteiger partial charge in [-0.2, -0.15) is 0 Å². The maximum absolute atomic E-state index is 11.2. The van der Waals surface area contributed by atoms with Crippen molar-refractivity contribution < 1.29 is 9.53 Å². The van der Waals surface area contributed by atoms with E-state index in [9.17, 15) is 4.79 Å². The van der Waals surface area contributed by atoms with Gasteiger partial charge in [0.05, 0.1) is 12.2 Å². The second-order valence-electron chi connectivity index (χ2n) is 4.82. The molecule has 1 aromatic rings. The Labute approximate surface area is 121 Å². The highest BCUT2D eigenvalue weighted by atomic mass is 16.5. The van der Waals surface area contributed by atoms with Gasteiger partial charge in [-0.3, -0.25) is 4.79 Å². The molecule has 0 bridgehead atoms. The first-order chi connectivity index (χ1) is 9.75. The smallest absolute Gasteiger partial charge is 0.252 e. The number of rotatable bonds is 10. The zero-order valence-corrected chi connectivity index (χ0v) is 12.3. The molecule has 0 aromatic heterocycles. The Morgan fingerprint density at radius 3 is 2.55 bits per heavy atom. The number of allylic oxidation sites excluding steroid dienone is 2. The second-order valence-corrected chi connectivity index (χ2v) is 4.82. The normalized spacial score (nSPS) is 10.8. The SMILES string of the molecule is CCCC/C=C\CCCCOc1ccccc1C(N)=O. The fourth-order valence-corrected chi connectivity index (χ4v) is 1.90. The minimum Gasteiger partial charge on any atom is -0.493 e. The Bertz CT molecular complexity index is 427. The molecule has 1 amide bonds. The number of carbonyl (C=O) groups excluding carboxylic acids is 1. The Hall–Kier alpha value is -1.77. The molecular formula is C17H25NO2. The zero-order valence-electron chi connectivity index (χ0n) is 12.3. The van der Waals surface area contributed by atoms with Crippen molar-refractivity contribution in [2.75, 3.05) is 6.61 Å². The quantitative estimate of drug-likeness (QED) is 0.516. The average Bonchev–Trinajstić information content (AvgIpc) is 2.46. The Morgan fingerprint density at radius 2 is 1.85 bits per heavy atom. The molecule has 1 aromatic carbocycles. The van der Waals surface area contributed by atoms with Crippen LogP contribution in [0.1, 0.15) is 55.8 Å². The molecule has 0 fully saturated rings. The van der Waals surface area contributed by atoms with E-state index in [-0.39, 0.29) is 0 Å². The first-order valence-electron chi connectivity index (χ1n) is 7.42. The summed E-state index contributed by atoms with van der Waals surface area (Å²) >= 11 is 0. The molecule has 1 rings (SSSR count). The molecule has 2 N–H and O–H groups in total. The minimum absolute atomic E-state index is 0.445. The van der Waals surface area contributed by atoms with Crippen LogP contribution >= 0.6 is 0 Å². The fraction of sp³-hybridized carbons (Fsp3) is 0.471. The lowest BCUT2D eigenvalue weighted by Gasteiger charge is -2.08. The Kier molecular flexibility index (Phi) is 8.20. The monoisotopic (exact) mass is 275 g/mol. The van der Waals surface area contributed by atoms with Gasteiger partial charge in [-0.1, -0.05) is 44.1 Å². The molecule has 0 heterocycles. The van der Waals surface area contributed by atoms with E-state index in [1.165, 1.54) is 19.3 Å². The van der Waals surface area contributed by atoms with Gasteiger partial charge in [0.15, 0.2) is 0 Å². The predicted octanol–water partition coefficient (Wildman–Crippen LogP) is 4.08. The predicted molar refractivity (Wildman–Crippen MR) is 83.0 cm³/mol. The van der Waals surface area contributed by atoms with Gasteiger partial charge in [0, 0.05) is 0 Å². The number of hydrogen-bond acceptors (Lipinski definition) is 2. The van der Waals surface area contributed by atoms with E-state index in [2.05, 4.69) is 19.1 Å². The van der Waals surface area contributed by atoms with E-state index in [1.807, 2.05) is 6.07 Å². The van der Waals surface area contributed by atoms with E-state index < -0.39 is 5.91 Å². The van der Waals surface area contributed by atoms with Gasteiger partial charge >= 0.3 is 0 Å². The van der Waals surface area contributed by atoms with Gasteiger partial charge in [0.2, 0.25) is 0 Å². The maximum Gasteiger partial charge on any atom is 0.252 e. The van der Waals surface area contributed by atoms with E-state index in [4.69, 9.17) is 10.5 Å². The number of primary amides is 1. The minimum atomic E-state index is -0.445. The first kappa shape index (κ1) is 16.3. The second kappa shape index (κ2) is 10.1. The Balaban J connectivity index is 2.18. The van der Waals surface area contributed by atoms with Gasteiger partial charge < -0.3 is 10.5 Å². The number of hydrogen-bond donors (Lipinski definition) is 1. The third-order valence-corrected chi connectivity index (χ3v) is 3.07. The molecule has 110 valence electrons. The number of amides is 1. The molecule has 3 heteroatoms. The lowest BCUT2D eigenvalue weighted by atomic mass is 10.2. The third-order valence-electron chi connectivity index (χ3n) is 3.07. The van der Waals surface area contributed by atoms with E-state index in [0.29, 0.717) is 17.9 Å². The molecule has 0 aliphatic heterocycles. The first-order valence-corrected chi connectivity index (χ1v) is 7.42. The summed E-state index contributed by atoms with van der Waals surface area (Å²) < 4.78 is 5.62. The lowest BCUT2D eigenvalue weighted by molar-refractivity contribution is 0.0996. The van der Waals surface area contributed by atoms with Gasteiger partial charge in [0.1, 0.15) is 5.75 Å². The molecule has 0 saturated carbocycles. The molecule has 0 aliphatic rings. The van der Waals surface area contributed by atoms with E-state index >= 15 is 0 Å². The fourth-order valence-electron chi connectivity index (χ4n) is 1.90. The van der Waals surface area contributed by atoms with E-state index in [0.717, 1.165) is 19.3 Å². The van der Waals surface area contributed by atoms with Crippen LogP contribution in [0, 0.1) is 0 Å². The van der Waals surface area contributed by atoms with Crippen molar-refractivity contribution in [2.24, 2.45) is 5.73 Å². The molecule has 0 spiro atoms. The van der Waals surface area contributed by atoms with Crippen molar-refractivity contribution in [2.45, 2.75) is 45.4 Å². The van der Waals surface area contributed by atoms with Crippen LogP contribution in [0.25, 0.3) is 0 Å². The number of para-hydroxylation sites is 1. The summed E-state index contributed by atoms with van der Waals surface area (Å²) in [5.74, 6) is 0.137. The number of nitrogens with two attached hydrogens (primary N) is 1. The molecule has 0 radical (unpaired) electrons. The van der Waals surface area contributed by atoms with Crippen molar-refractivity contribution in [1.29, 1.82) is 0 Å². The van der Waals surface area contributed by atoms with Crippen molar-refractivity contribution in [1.82, 2.24) is 0 Å². The van der Waals surface area contributed by atoms with Crippen LogP contribution in [-0.2, 0) is 0 Å². The van der Waals surface area contributed by atoms with Crippen molar-refractivity contribution in [3.63, 3.8) is 0 Å². The van der Waals surface area contributed by atoms with Gasteiger partial charge in [-0.25, -0.2) is 0 Å². The molecular weight excluding hydrogens is 250 g/mol. The summed E-state index contributed by atoms with van der Waals surface area (Å²) in [7, 11) is 0. The highest BCUT2D eigenvalue weighted by Gasteiger charge is 2.07. The highest BCUT2D eigenvalue weighted by molar-refractivity contribution is 5.95. The van der Waals surface area contributed by atoms with Crippen molar-refractivity contribution in [3.8, 4) is 5.75 Å². The summed E-state index contributed by atoms with van der Waals surface area (Å²) in [5.41, 5.74) is 5.75. The van der Waals surface area contributed by atoms with Gasteiger partial charge in [0.25, 0.3) is 5.91 Å². The summed E-state index contributed by atoms with van der Waals surface area (Å²) in [6.07, 6.45) is 11.4. The van der Waals surface area contributed by atoms with Crippen LogP contribution in [0.2, 0.25) is 0 Å². The van der Waals surface area contributed by atoms with E-state index in [1.54, 1.807) is 18.2 Å². The summed E-state index contributed by atoms with van der Waals surface area (Å²) in [4.78, 5) is 11.2.